The van der Waals surface area contributed by atoms with Gasteiger partial charge in [0, 0.05) is 17.4 Å². The number of fused-ring (bicyclic) bond motifs is 1. The van der Waals surface area contributed by atoms with Gasteiger partial charge >= 0.3 is 0 Å². The van der Waals surface area contributed by atoms with Crippen molar-refractivity contribution in [1.29, 1.82) is 0 Å². The molecule has 0 radical (unpaired) electrons. The van der Waals surface area contributed by atoms with Crippen LogP contribution in [0.5, 0.6) is 0 Å². The Kier molecular flexibility index (Phi) is 3.99. The first-order chi connectivity index (χ1) is 12.4. The summed E-state index contributed by atoms with van der Waals surface area (Å²) in [5, 5.41) is 2.65. The van der Waals surface area contributed by atoms with E-state index >= 15 is 0 Å². The third-order valence-corrected chi connectivity index (χ3v) is 5.49. The van der Waals surface area contributed by atoms with Crippen LogP contribution in [-0.4, -0.2) is 17.9 Å². The number of benzene rings is 2. The molecule has 1 aliphatic heterocycles. The van der Waals surface area contributed by atoms with Gasteiger partial charge in [-0.15, -0.1) is 0 Å². The second kappa shape index (κ2) is 6.09. The lowest BCUT2D eigenvalue weighted by Gasteiger charge is -2.27. The lowest BCUT2D eigenvalue weighted by atomic mass is 10.0. The van der Waals surface area contributed by atoms with Gasteiger partial charge in [-0.3, -0.25) is 9.59 Å². The van der Waals surface area contributed by atoms with Crippen molar-refractivity contribution in [1.82, 2.24) is 0 Å². The van der Waals surface area contributed by atoms with Crippen LogP contribution in [0.1, 0.15) is 25.3 Å². The molecule has 1 saturated carbocycles. The molecule has 4 nitrogen and oxygen atoms in total. The van der Waals surface area contributed by atoms with Gasteiger partial charge in [0.05, 0.1) is 5.02 Å². The van der Waals surface area contributed by atoms with Gasteiger partial charge < -0.3 is 10.2 Å². The zero-order valence-electron chi connectivity index (χ0n) is 14.3. The van der Waals surface area contributed by atoms with Gasteiger partial charge in [0.25, 0.3) is 0 Å². The van der Waals surface area contributed by atoms with Crippen LogP contribution in [0.3, 0.4) is 0 Å². The second-order valence-electron chi connectivity index (χ2n) is 7.02. The van der Waals surface area contributed by atoms with E-state index in [0.717, 1.165) is 17.7 Å². The number of para-hydroxylation sites is 1. The number of hydrogen-bond acceptors (Lipinski definition) is 2. The smallest absolute Gasteiger partial charge is 0.242 e. The summed E-state index contributed by atoms with van der Waals surface area (Å²) in [6.07, 6.45) is 1.81. The molecule has 26 heavy (non-hydrogen) atoms. The first kappa shape index (κ1) is 17.0. The molecule has 134 valence electrons. The minimum Gasteiger partial charge on any atom is -0.325 e. The van der Waals surface area contributed by atoms with Crippen molar-refractivity contribution in [3.8, 4) is 0 Å². The van der Waals surface area contributed by atoms with Gasteiger partial charge in [0.1, 0.15) is 11.2 Å². The molecule has 2 aliphatic rings. The minimum absolute atomic E-state index is 0.0189. The van der Waals surface area contributed by atoms with Gasteiger partial charge in [-0.25, -0.2) is 4.39 Å². The average molecular weight is 373 g/mol. The number of amides is 2. The van der Waals surface area contributed by atoms with Crippen LogP contribution < -0.4 is 10.2 Å². The predicted octanol–water partition coefficient (Wildman–Crippen LogP) is 4.18. The molecule has 1 N–H and O–H groups in total. The number of carbonyl (C=O) groups excluding carboxylic acids is 2. The second-order valence-corrected chi connectivity index (χ2v) is 7.43. The third-order valence-electron chi connectivity index (χ3n) is 5.20. The van der Waals surface area contributed by atoms with Gasteiger partial charge in [0.15, 0.2) is 0 Å². The normalized spacial score (nSPS) is 19.8. The zero-order chi connectivity index (χ0) is 18.5. The molecular weight excluding hydrogens is 355 g/mol. The molecule has 1 heterocycles. The quantitative estimate of drug-likeness (QED) is 0.822. The SMILES string of the molecule is CC1Cc2ccccc2N1C(=O)C1(C(=O)Nc2ccc(F)c(Cl)c2)CC1. The van der Waals surface area contributed by atoms with E-state index in [0.29, 0.717) is 18.5 Å². The summed E-state index contributed by atoms with van der Waals surface area (Å²) >= 11 is 5.77. The largest absolute Gasteiger partial charge is 0.325 e. The molecule has 0 bridgehead atoms. The van der Waals surface area contributed by atoms with E-state index in [-0.39, 0.29) is 22.9 Å². The highest BCUT2D eigenvalue weighted by Gasteiger charge is 2.59. The summed E-state index contributed by atoms with van der Waals surface area (Å²) in [6.45, 7) is 1.99. The molecule has 1 aliphatic carbocycles. The van der Waals surface area contributed by atoms with Crippen molar-refractivity contribution < 1.29 is 14.0 Å². The van der Waals surface area contributed by atoms with Crippen LogP contribution in [-0.2, 0) is 16.0 Å². The van der Waals surface area contributed by atoms with Crippen molar-refractivity contribution in [2.24, 2.45) is 5.41 Å². The zero-order valence-corrected chi connectivity index (χ0v) is 15.0. The molecule has 6 heteroatoms. The number of rotatable bonds is 3. The van der Waals surface area contributed by atoms with Gasteiger partial charge in [-0.05, 0) is 56.0 Å². The Balaban J connectivity index is 1.58. The standard InChI is InChI=1S/C20H18ClFN2O2/c1-12-10-13-4-2-3-5-17(13)24(12)19(26)20(8-9-20)18(25)23-14-6-7-16(22)15(21)11-14/h2-7,11-12H,8-10H2,1H3,(H,23,25). The molecule has 4 rings (SSSR count). The molecule has 0 saturated heterocycles. The first-order valence-corrected chi connectivity index (χ1v) is 8.98. The fourth-order valence-electron chi connectivity index (χ4n) is 3.59. The number of halogens is 2. The Bertz CT molecular complexity index is 910. The van der Waals surface area contributed by atoms with Crippen LogP contribution in [0.15, 0.2) is 42.5 Å². The summed E-state index contributed by atoms with van der Waals surface area (Å²) in [5.41, 5.74) is 1.34. The summed E-state index contributed by atoms with van der Waals surface area (Å²) < 4.78 is 13.3. The molecular formula is C20H18ClFN2O2. The van der Waals surface area contributed by atoms with E-state index in [9.17, 15) is 14.0 Å². The first-order valence-electron chi connectivity index (χ1n) is 8.60. The molecule has 1 atom stereocenters. The monoisotopic (exact) mass is 372 g/mol. The summed E-state index contributed by atoms with van der Waals surface area (Å²) in [6, 6.07) is 11.8. The molecule has 1 fully saturated rings. The Morgan fingerprint density at radius 3 is 2.65 bits per heavy atom. The number of nitrogens with zero attached hydrogens (tertiary/aromatic N) is 1. The van der Waals surface area contributed by atoms with E-state index in [1.807, 2.05) is 31.2 Å². The van der Waals surface area contributed by atoms with E-state index in [2.05, 4.69) is 5.32 Å². The molecule has 2 amide bonds. The van der Waals surface area contributed by atoms with E-state index in [1.165, 1.54) is 18.2 Å². The van der Waals surface area contributed by atoms with Gasteiger partial charge in [0.2, 0.25) is 11.8 Å². The number of hydrogen-bond donors (Lipinski definition) is 1. The summed E-state index contributed by atoms with van der Waals surface area (Å²) in [7, 11) is 0. The molecule has 2 aromatic carbocycles. The molecule has 0 spiro atoms. The third kappa shape index (κ3) is 2.67. The highest BCUT2D eigenvalue weighted by Crippen LogP contribution is 2.50. The van der Waals surface area contributed by atoms with Crippen LogP contribution in [0.25, 0.3) is 0 Å². The van der Waals surface area contributed by atoms with E-state index < -0.39 is 11.2 Å². The van der Waals surface area contributed by atoms with Crippen molar-refractivity contribution in [2.45, 2.75) is 32.2 Å². The molecule has 0 aromatic heterocycles. The maximum Gasteiger partial charge on any atom is 0.242 e. The fraction of sp³-hybridized carbons (Fsp3) is 0.300. The Morgan fingerprint density at radius 2 is 1.96 bits per heavy atom. The maximum absolute atomic E-state index is 13.3. The minimum atomic E-state index is -1.05. The van der Waals surface area contributed by atoms with Crippen molar-refractivity contribution >= 4 is 34.8 Å². The fourth-order valence-corrected chi connectivity index (χ4v) is 3.77. The van der Waals surface area contributed by atoms with Crippen LogP contribution >= 0.6 is 11.6 Å². The average Bonchev–Trinajstić information content (AvgIpc) is 3.35. The van der Waals surface area contributed by atoms with E-state index in [1.54, 1.807) is 4.90 Å². The highest BCUT2D eigenvalue weighted by molar-refractivity contribution is 6.31. The Hall–Kier alpha value is -2.40. The van der Waals surface area contributed by atoms with Crippen LogP contribution in [0.2, 0.25) is 5.02 Å². The lowest BCUT2D eigenvalue weighted by Crippen LogP contribution is -2.45. The predicted molar refractivity (Wildman–Crippen MR) is 98.8 cm³/mol. The lowest BCUT2D eigenvalue weighted by molar-refractivity contribution is -0.132. The summed E-state index contributed by atoms with van der Waals surface area (Å²) in [5.74, 6) is -1.08. The molecule has 1 unspecified atom stereocenters. The van der Waals surface area contributed by atoms with Gasteiger partial charge in [-0.1, -0.05) is 29.8 Å². The van der Waals surface area contributed by atoms with Crippen molar-refractivity contribution in [3.63, 3.8) is 0 Å². The van der Waals surface area contributed by atoms with Crippen molar-refractivity contribution in [3.05, 3.63) is 58.9 Å². The topological polar surface area (TPSA) is 49.4 Å². The Labute approximate surface area is 155 Å². The number of nitrogens with one attached hydrogen (secondary N) is 1. The van der Waals surface area contributed by atoms with Crippen molar-refractivity contribution in [2.75, 3.05) is 10.2 Å². The Morgan fingerprint density at radius 1 is 1.23 bits per heavy atom. The number of anilines is 2. The maximum atomic E-state index is 13.3. The molecule has 2 aromatic rings. The van der Waals surface area contributed by atoms with Gasteiger partial charge in [-0.2, -0.15) is 0 Å². The summed E-state index contributed by atoms with van der Waals surface area (Å²) in [4.78, 5) is 27.8. The van der Waals surface area contributed by atoms with E-state index in [4.69, 9.17) is 11.6 Å². The van der Waals surface area contributed by atoms with Crippen LogP contribution in [0, 0.1) is 11.2 Å². The number of carbonyl (C=O) groups is 2. The van der Waals surface area contributed by atoms with Crippen LogP contribution in [0.4, 0.5) is 15.8 Å². The highest BCUT2D eigenvalue weighted by atomic mass is 35.5.